The molecule has 1 aromatic carbocycles. The minimum absolute atomic E-state index is 0.0832. The molecule has 7 atom stereocenters. The van der Waals surface area contributed by atoms with Crippen LogP contribution in [0.5, 0.6) is 0 Å². The highest BCUT2D eigenvalue weighted by atomic mass is 19.4. The summed E-state index contributed by atoms with van der Waals surface area (Å²) in [7, 11) is 0. The van der Waals surface area contributed by atoms with E-state index < -0.39 is 35.9 Å². The van der Waals surface area contributed by atoms with Crippen molar-refractivity contribution >= 4 is 11.8 Å². The Balaban J connectivity index is 1.26. The largest absolute Gasteiger partial charge is 0.416 e. The first-order chi connectivity index (χ1) is 15.6. The van der Waals surface area contributed by atoms with Gasteiger partial charge in [0.1, 0.15) is 6.04 Å². The van der Waals surface area contributed by atoms with Crippen molar-refractivity contribution in [2.24, 2.45) is 11.7 Å². The van der Waals surface area contributed by atoms with E-state index in [0.29, 0.717) is 25.3 Å². The average molecular weight is 461 g/mol. The molecular weight excluding hydrogens is 435 g/mol. The maximum absolute atomic E-state index is 13.5. The average Bonchev–Trinajstić information content (AvgIpc) is 3.11. The highest BCUT2D eigenvalue weighted by Crippen LogP contribution is 2.48. The number of alkyl halides is 3. The number of carbonyl (C=O) groups excluding carboxylic acids is 2. The van der Waals surface area contributed by atoms with Crippen LogP contribution in [0.4, 0.5) is 13.2 Å². The van der Waals surface area contributed by atoms with Gasteiger partial charge in [-0.2, -0.15) is 18.4 Å². The van der Waals surface area contributed by atoms with Crippen LogP contribution >= 0.6 is 0 Å². The van der Waals surface area contributed by atoms with E-state index in [4.69, 9.17) is 5.73 Å². The van der Waals surface area contributed by atoms with Gasteiger partial charge in [-0.1, -0.05) is 18.2 Å². The molecule has 4 aliphatic rings. The third-order valence-corrected chi connectivity index (χ3v) is 7.70. The highest BCUT2D eigenvalue weighted by Gasteiger charge is 2.56. The number of fused-ring (bicyclic) bond motifs is 3. The lowest BCUT2D eigenvalue weighted by atomic mass is 9.99. The number of likely N-dealkylation sites (tertiary alicyclic amines) is 3. The summed E-state index contributed by atoms with van der Waals surface area (Å²) >= 11 is 0. The molecule has 3 heterocycles. The second kappa shape index (κ2) is 7.71. The van der Waals surface area contributed by atoms with Crippen molar-refractivity contribution < 1.29 is 22.8 Å². The summed E-state index contributed by atoms with van der Waals surface area (Å²) in [6.45, 7) is 2.28. The number of halogens is 3. The molecule has 10 heteroatoms. The SMILES string of the molecule is C[C@@H](c1ccccc1C(F)(F)F)N1C(=O)[C@H]2CC1CN2C[C@H](N)C(=O)N1[C@H](C#N)CC2C[C@@H]21. The molecule has 7 nitrogen and oxygen atoms in total. The van der Waals surface area contributed by atoms with Crippen LogP contribution in [0.15, 0.2) is 24.3 Å². The predicted octanol–water partition coefficient (Wildman–Crippen LogP) is 1.89. The van der Waals surface area contributed by atoms with E-state index in [1.54, 1.807) is 22.8 Å². The van der Waals surface area contributed by atoms with Crippen molar-refractivity contribution in [3.63, 3.8) is 0 Å². The van der Waals surface area contributed by atoms with E-state index in [2.05, 4.69) is 6.07 Å². The molecule has 1 aromatic rings. The molecule has 2 bridgehead atoms. The summed E-state index contributed by atoms with van der Waals surface area (Å²) in [5.41, 5.74) is 5.57. The van der Waals surface area contributed by atoms with Gasteiger partial charge < -0.3 is 15.5 Å². The summed E-state index contributed by atoms with van der Waals surface area (Å²) in [5.74, 6) is -0.0930. The van der Waals surface area contributed by atoms with Gasteiger partial charge in [-0.3, -0.25) is 14.5 Å². The Morgan fingerprint density at radius 1 is 1.27 bits per heavy atom. The number of rotatable bonds is 5. The summed E-state index contributed by atoms with van der Waals surface area (Å²) in [6.07, 6.45) is -2.38. The number of hydrogen-bond acceptors (Lipinski definition) is 5. The molecule has 5 rings (SSSR count). The lowest BCUT2D eigenvalue weighted by Gasteiger charge is -2.39. The van der Waals surface area contributed by atoms with E-state index in [0.717, 1.165) is 12.5 Å². The van der Waals surface area contributed by atoms with Gasteiger partial charge in [0.25, 0.3) is 0 Å². The van der Waals surface area contributed by atoms with E-state index in [9.17, 15) is 28.0 Å². The number of nitrogens with two attached hydrogens (primary N) is 1. The topological polar surface area (TPSA) is 93.7 Å². The van der Waals surface area contributed by atoms with Crippen LogP contribution in [0.25, 0.3) is 0 Å². The number of amides is 2. The van der Waals surface area contributed by atoms with Crippen LogP contribution in [0.2, 0.25) is 0 Å². The van der Waals surface area contributed by atoms with Crippen LogP contribution < -0.4 is 5.73 Å². The summed E-state index contributed by atoms with van der Waals surface area (Å²) in [5, 5.41) is 9.34. The number of hydrogen-bond donors (Lipinski definition) is 1. The molecule has 33 heavy (non-hydrogen) atoms. The van der Waals surface area contributed by atoms with Gasteiger partial charge in [-0.15, -0.1) is 0 Å². The van der Waals surface area contributed by atoms with E-state index in [1.807, 2.05) is 4.90 Å². The molecule has 2 N–H and O–H groups in total. The number of carbonyl (C=O) groups is 2. The summed E-state index contributed by atoms with van der Waals surface area (Å²) < 4.78 is 40.5. The van der Waals surface area contributed by atoms with Crippen molar-refractivity contribution in [3.8, 4) is 6.07 Å². The molecular formula is C23H26F3N5O2. The van der Waals surface area contributed by atoms with Gasteiger partial charge in [0.05, 0.1) is 29.8 Å². The molecule has 0 aromatic heterocycles. The predicted molar refractivity (Wildman–Crippen MR) is 111 cm³/mol. The van der Waals surface area contributed by atoms with Crippen molar-refractivity contribution in [1.82, 2.24) is 14.7 Å². The molecule has 3 saturated heterocycles. The molecule has 1 saturated carbocycles. The second-order valence-corrected chi connectivity index (χ2v) is 9.66. The smallest absolute Gasteiger partial charge is 0.330 e. The molecule has 3 aliphatic heterocycles. The van der Waals surface area contributed by atoms with Crippen molar-refractivity contribution in [2.75, 3.05) is 13.1 Å². The zero-order valence-electron chi connectivity index (χ0n) is 18.2. The van der Waals surface area contributed by atoms with Crippen molar-refractivity contribution in [3.05, 3.63) is 35.4 Å². The number of nitriles is 1. The van der Waals surface area contributed by atoms with Gasteiger partial charge in [-0.25, -0.2) is 0 Å². The molecule has 1 aliphatic carbocycles. The Kier molecular flexibility index (Phi) is 5.18. The van der Waals surface area contributed by atoms with E-state index in [1.165, 1.54) is 12.1 Å². The standard InChI is InChI=1S/C23H26F3N5O2/c1-12(16-4-2-3-5-17(16)23(24,25)26)30-15-8-20(22(30)33)29(10-15)11-18(28)21(32)31-14(9-27)6-13-7-19(13)31/h2-5,12-15,18-20H,6-8,10-11,28H2,1H3/t12-,13?,14-,15?,18-,19-,20+/m0/s1. The molecule has 0 radical (unpaired) electrons. The van der Waals surface area contributed by atoms with Crippen LogP contribution in [0.3, 0.4) is 0 Å². The van der Waals surface area contributed by atoms with Gasteiger partial charge in [-0.05, 0) is 43.7 Å². The van der Waals surface area contributed by atoms with Crippen molar-refractivity contribution in [2.45, 2.75) is 68.6 Å². The number of benzene rings is 1. The van der Waals surface area contributed by atoms with Gasteiger partial charge >= 0.3 is 6.18 Å². The molecule has 176 valence electrons. The highest BCUT2D eigenvalue weighted by molar-refractivity contribution is 5.87. The maximum Gasteiger partial charge on any atom is 0.416 e. The normalized spacial score (nSPS) is 32.6. The van der Waals surface area contributed by atoms with E-state index in [-0.39, 0.29) is 36.0 Å². The third kappa shape index (κ3) is 3.58. The minimum atomic E-state index is -4.50. The Morgan fingerprint density at radius 3 is 2.67 bits per heavy atom. The Morgan fingerprint density at radius 2 is 2.00 bits per heavy atom. The van der Waals surface area contributed by atoms with E-state index >= 15 is 0 Å². The second-order valence-electron chi connectivity index (χ2n) is 9.66. The van der Waals surface area contributed by atoms with Gasteiger partial charge in [0, 0.05) is 25.2 Å². The fraction of sp³-hybridized carbons (Fsp3) is 0.609. The van der Waals surface area contributed by atoms with Crippen LogP contribution in [-0.2, 0) is 15.8 Å². The zero-order valence-corrected chi connectivity index (χ0v) is 18.2. The van der Waals surface area contributed by atoms with Crippen molar-refractivity contribution in [1.29, 1.82) is 5.26 Å². The quantitative estimate of drug-likeness (QED) is 0.723. The monoisotopic (exact) mass is 461 g/mol. The fourth-order valence-electron chi connectivity index (χ4n) is 6.08. The summed E-state index contributed by atoms with van der Waals surface area (Å²) in [6, 6.07) is 4.93. The zero-order chi connectivity index (χ0) is 23.7. The molecule has 2 amide bonds. The first kappa shape index (κ1) is 22.2. The molecule has 2 unspecified atom stereocenters. The molecule has 4 fully saturated rings. The first-order valence-electron chi connectivity index (χ1n) is 11.3. The fourth-order valence-corrected chi connectivity index (χ4v) is 6.08. The Hall–Kier alpha value is -2.64. The third-order valence-electron chi connectivity index (χ3n) is 7.70. The number of piperazine rings is 1. The maximum atomic E-state index is 13.5. The lowest BCUT2D eigenvalue weighted by Crippen LogP contribution is -2.57. The minimum Gasteiger partial charge on any atom is -0.330 e. The first-order valence-corrected chi connectivity index (χ1v) is 11.3. The Bertz CT molecular complexity index is 1020. The van der Waals surface area contributed by atoms with Crippen LogP contribution in [-0.4, -0.2) is 69.8 Å². The van der Waals surface area contributed by atoms with Gasteiger partial charge in [0.2, 0.25) is 11.8 Å². The lowest BCUT2D eigenvalue weighted by molar-refractivity contribution is -0.143. The summed E-state index contributed by atoms with van der Waals surface area (Å²) in [4.78, 5) is 31.1. The van der Waals surface area contributed by atoms with Crippen LogP contribution in [0, 0.1) is 17.2 Å². The number of nitrogens with zero attached hydrogens (tertiary/aromatic N) is 4. The Labute approximate surface area is 189 Å². The van der Waals surface area contributed by atoms with Gasteiger partial charge in [0.15, 0.2) is 0 Å². The number of piperidine rings is 1. The molecule has 0 spiro atoms. The van der Waals surface area contributed by atoms with Crippen LogP contribution in [0.1, 0.15) is 43.4 Å².